The normalized spacial score (nSPS) is 16.7. The number of oxazole rings is 6. The first-order valence-corrected chi connectivity index (χ1v) is 20.4. The number of nitrogens with zero attached hydrogens (tertiary/aromatic N) is 6. The molecule has 7 aromatic rings. The number of benzene rings is 1. The fourth-order valence-electron chi connectivity index (χ4n) is 5.60. The van der Waals surface area contributed by atoms with Crippen LogP contribution in [0.25, 0.3) is 46.3 Å². The molecular weight excluding hydrogens is 721 g/mol. The van der Waals surface area contributed by atoms with Gasteiger partial charge in [-0.25, -0.2) is 29.9 Å². The number of nitrogens with one attached hydrogen (secondary N) is 2. The molecule has 1 aliphatic heterocycles. The molecule has 0 aliphatic carbocycles. The Morgan fingerprint density at radius 2 is 1.11 bits per heavy atom. The monoisotopic (exact) mass is 752 g/mol. The molecule has 7 heterocycles. The molecule has 12 bridgehead atoms. The summed E-state index contributed by atoms with van der Waals surface area (Å²) in [5.41, 5.74) is 1.47. The van der Waals surface area contributed by atoms with E-state index in [-0.39, 0.29) is 82.7 Å². The van der Waals surface area contributed by atoms with Crippen molar-refractivity contribution in [3.8, 4) is 46.3 Å². The Morgan fingerprint density at radius 1 is 0.648 bits per heavy atom. The first-order valence-electron chi connectivity index (χ1n) is 16.7. The maximum atomic E-state index is 13.5. The van der Waals surface area contributed by atoms with Crippen LogP contribution in [-0.2, 0) is 11.3 Å². The SMILES string of the molecule is C[Si](C)(C)CC(O)C1NC(=O)c2coc(n2)-c2coc(n2)-c2coc(n2)C(COCc2ccccc2)NC(=O)c2coc(n2)-c2coc(n2)-c2coc1n2. The number of aromatic nitrogens is 6. The zero-order chi connectivity index (χ0) is 37.4. The van der Waals surface area contributed by atoms with Crippen molar-refractivity contribution in [3.05, 3.63) is 96.6 Å². The van der Waals surface area contributed by atoms with Crippen molar-refractivity contribution in [1.29, 1.82) is 0 Å². The van der Waals surface area contributed by atoms with Crippen LogP contribution in [0.4, 0.5) is 0 Å². The van der Waals surface area contributed by atoms with Crippen molar-refractivity contribution >= 4 is 19.9 Å². The molecule has 18 nitrogen and oxygen atoms in total. The molecular formula is C35H32N8O10Si. The number of aliphatic hydroxyl groups excluding tert-OH is 1. The van der Waals surface area contributed by atoms with Crippen LogP contribution in [0, 0.1) is 0 Å². The van der Waals surface area contributed by atoms with Crippen molar-refractivity contribution in [2.24, 2.45) is 0 Å². The summed E-state index contributed by atoms with van der Waals surface area (Å²) < 4.78 is 39.9. The zero-order valence-corrected chi connectivity index (χ0v) is 30.0. The largest absolute Gasteiger partial charge is 0.446 e. The smallest absolute Gasteiger partial charge is 0.273 e. The van der Waals surface area contributed by atoms with Crippen LogP contribution in [0.5, 0.6) is 0 Å². The first-order chi connectivity index (χ1) is 26.1. The maximum absolute atomic E-state index is 13.5. The fourth-order valence-corrected chi connectivity index (χ4v) is 7.09. The van der Waals surface area contributed by atoms with Crippen molar-refractivity contribution in [1.82, 2.24) is 40.5 Å². The standard InChI is InChI=1S/C35H32N8O10Si/c1-54(2,3)17-26(44)27-35-42-25(16-53-35)34-41-22(14-52-34)31-37-19(11-48-31)28(45)36-21(10-47-9-18-7-5-4-6-8-18)30-39-24(15-50-30)33-40-23(13-51-33)32-38-20(12-49-32)29(46)43-27/h4-8,11-16,21,26-27,44H,9-10,17H2,1-3H3,(H,36,45)(H,43,46). The summed E-state index contributed by atoms with van der Waals surface area (Å²) in [5.74, 6) is -1.11. The van der Waals surface area contributed by atoms with Gasteiger partial charge in [0.25, 0.3) is 11.8 Å². The van der Waals surface area contributed by atoms with Gasteiger partial charge in [-0.15, -0.1) is 0 Å². The number of amides is 2. The third kappa shape index (κ3) is 7.40. The molecule has 6 aromatic heterocycles. The Labute approximate surface area is 306 Å². The van der Waals surface area contributed by atoms with Crippen LogP contribution >= 0.6 is 0 Å². The van der Waals surface area contributed by atoms with E-state index in [1.807, 2.05) is 30.3 Å². The quantitative estimate of drug-likeness (QED) is 0.171. The number of hydrogen-bond donors (Lipinski definition) is 3. The molecule has 0 radical (unpaired) electrons. The summed E-state index contributed by atoms with van der Waals surface area (Å²) in [6.45, 7) is 6.49. The molecule has 0 saturated carbocycles. The molecule has 1 aromatic carbocycles. The molecule has 0 saturated heterocycles. The Morgan fingerprint density at radius 3 is 1.69 bits per heavy atom. The van der Waals surface area contributed by atoms with E-state index in [4.69, 9.17) is 31.2 Å². The average Bonchev–Trinajstić information content (AvgIpc) is 3.99. The van der Waals surface area contributed by atoms with Gasteiger partial charge >= 0.3 is 0 Å². The highest BCUT2D eigenvalue weighted by Crippen LogP contribution is 2.30. The number of ether oxygens (including phenoxy) is 1. The van der Waals surface area contributed by atoms with Gasteiger partial charge in [0, 0.05) is 8.07 Å². The van der Waals surface area contributed by atoms with E-state index in [0.717, 1.165) is 11.8 Å². The molecule has 19 heteroatoms. The van der Waals surface area contributed by atoms with E-state index in [9.17, 15) is 14.7 Å². The molecule has 3 atom stereocenters. The van der Waals surface area contributed by atoms with E-state index in [1.54, 1.807) is 0 Å². The van der Waals surface area contributed by atoms with Gasteiger partial charge in [-0.1, -0.05) is 50.0 Å². The second-order valence-electron chi connectivity index (χ2n) is 13.6. The predicted molar refractivity (Wildman–Crippen MR) is 186 cm³/mol. The lowest BCUT2D eigenvalue weighted by Gasteiger charge is -2.26. The van der Waals surface area contributed by atoms with Crippen LogP contribution < -0.4 is 10.6 Å². The summed E-state index contributed by atoms with van der Waals surface area (Å²) in [5, 5.41) is 16.9. The topological polar surface area (TPSA) is 244 Å². The van der Waals surface area contributed by atoms with Gasteiger partial charge in [-0.05, 0) is 11.6 Å². The maximum Gasteiger partial charge on any atom is 0.273 e. The number of hydrogen-bond acceptors (Lipinski definition) is 16. The fraction of sp³-hybridized carbons (Fsp3) is 0.257. The summed E-state index contributed by atoms with van der Waals surface area (Å²) in [4.78, 5) is 53.4. The van der Waals surface area contributed by atoms with Gasteiger partial charge < -0.3 is 47.0 Å². The molecule has 3 unspecified atom stereocenters. The lowest BCUT2D eigenvalue weighted by molar-refractivity contribution is 0.0751. The minimum atomic E-state index is -1.85. The van der Waals surface area contributed by atoms with E-state index in [2.05, 4.69) is 60.2 Å². The Bertz CT molecular complexity index is 2400. The first kappa shape index (κ1) is 34.6. The van der Waals surface area contributed by atoms with Crippen molar-refractivity contribution in [2.75, 3.05) is 6.61 Å². The Balaban J connectivity index is 1.14. The van der Waals surface area contributed by atoms with Crippen LogP contribution in [0.2, 0.25) is 25.7 Å². The third-order valence-electron chi connectivity index (χ3n) is 8.16. The number of carbonyl (C=O) groups is 2. The highest BCUT2D eigenvalue weighted by atomic mass is 28.3. The predicted octanol–water partition coefficient (Wildman–Crippen LogP) is 5.45. The van der Waals surface area contributed by atoms with Gasteiger partial charge in [-0.3, -0.25) is 9.59 Å². The Kier molecular flexibility index (Phi) is 9.09. The summed E-state index contributed by atoms with van der Waals surface area (Å²) >= 11 is 0. The molecule has 3 N–H and O–H groups in total. The lowest BCUT2D eigenvalue weighted by Crippen LogP contribution is -2.40. The number of aliphatic hydroxyl groups is 1. The van der Waals surface area contributed by atoms with E-state index in [0.29, 0.717) is 6.04 Å². The van der Waals surface area contributed by atoms with Gasteiger partial charge in [0.05, 0.1) is 19.3 Å². The summed E-state index contributed by atoms with van der Waals surface area (Å²) in [6, 6.07) is 7.98. The van der Waals surface area contributed by atoms with Crippen LogP contribution in [-0.4, -0.2) is 67.6 Å². The molecule has 0 spiro atoms. The second kappa shape index (κ2) is 14.2. The zero-order valence-electron chi connectivity index (χ0n) is 29.0. The van der Waals surface area contributed by atoms with E-state index in [1.165, 1.54) is 31.3 Å². The molecule has 276 valence electrons. The number of fused-ring (bicyclic) bond motifs is 16. The Hall–Kier alpha value is -6.44. The summed E-state index contributed by atoms with van der Waals surface area (Å²) in [7, 11) is -1.85. The second-order valence-corrected chi connectivity index (χ2v) is 19.1. The average molecular weight is 753 g/mol. The number of rotatable bonds is 7. The van der Waals surface area contributed by atoms with Crippen LogP contribution in [0.3, 0.4) is 0 Å². The van der Waals surface area contributed by atoms with E-state index < -0.39 is 38.1 Å². The molecule has 1 aliphatic rings. The van der Waals surface area contributed by atoms with Gasteiger partial charge in [0.2, 0.25) is 35.3 Å². The summed E-state index contributed by atoms with van der Waals surface area (Å²) in [6.07, 6.45) is 6.43. The van der Waals surface area contributed by atoms with Crippen LogP contribution in [0.1, 0.15) is 50.4 Å². The van der Waals surface area contributed by atoms with Gasteiger partial charge in [0.1, 0.15) is 49.7 Å². The van der Waals surface area contributed by atoms with Gasteiger partial charge in [-0.2, -0.15) is 0 Å². The van der Waals surface area contributed by atoms with Crippen molar-refractivity contribution in [2.45, 2.75) is 50.5 Å². The van der Waals surface area contributed by atoms with Crippen molar-refractivity contribution < 1.29 is 45.9 Å². The molecule has 2 amide bonds. The molecule has 0 fully saturated rings. The van der Waals surface area contributed by atoms with E-state index >= 15 is 0 Å². The third-order valence-corrected chi connectivity index (χ3v) is 9.80. The van der Waals surface area contributed by atoms with Crippen LogP contribution in [0.15, 0.2) is 94.4 Å². The van der Waals surface area contributed by atoms with Crippen molar-refractivity contribution in [3.63, 3.8) is 0 Å². The van der Waals surface area contributed by atoms with Gasteiger partial charge in [0.15, 0.2) is 34.2 Å². The minimum absolute atomic E-state index is 0.00697. The molecule has 8 rings (SSSR count). The molecule has 54 heavy (non-hydrogen) atoms. The minimum Gasteiger partial charge on any atom is -0.446 e. The highest BCUT2D eigenvalue weighted by Gasteiger charge is 2.34. The number of carbonyl (C=O) groups excluding carboxylic acids is 2. The lowest BCUT2D eigenvalue weighted by atomic mass is 10.1. The highest BCUT2D eigenvalue weighted by molar-refractivity contribution is 6.76.